The lowest BCUT2D eigenvalue weighted by Gasteiger charge is -2.36. The first-order chi connectivity index (χ1) is 23.1. The molecule has 2 atom stereocenters. The predicted octanol–water partition coefficient (Wildman–Crippen LogP) is 5.38. The lowest BCUT2D eigenvalue weighted by atomic mass is 9.91. The van der Waals surface area contributed by atoms with Crippen molar-refractivity contribution in [2.75, 3.05) is 13.1 Å². The first-order valence-electron chi connectivity index (χ1n) is 16.7. The Labute approximate surface area is 281 Å². The van der Waals surface area contributed by atoms with E-state index in [-0.39, 0.29) is 29.4 Å². The molecule has 0 bridgehead atoms. The fraction of sp³-hybridized carbons (Fsp3) is 0.405. The number of aryl methyl sites for hydroxylation is 2. The van der Waals surface area contributed by atoms with Crippen molar-refractivity contribution in [1.29, 1.82) is 0 Å². The van der Waals surface area contributed by atoms with Crippen LogP contribution in [0.4, 0.5) is 4.39 Å². The zero-order chi connectivity index (χ0) is 33.8. The summed E-state index contributed by atoms with van der Waals surface area (Å²) in [4.78, 5) is 32.7. The Bertz CT molecular complexity index is 1740. The van der Waals surface area contributed by atoms with Crippen LogP contribution >= 0.6 is 0 Å². The van der Waals surface area contributed by atoms with Crippen LogP contribution in [0.1, 0.15) is 71.6 Å². The van der Waals surface area contributed by atoms with E-state index in [1.54, 1.807) is 23.9 Å². The van der Waals surface area contributed by atoms with E-state index in [1.807, 2.05) is 25.1 Å². The van der Waals surface area contributed by atoms with Crippen LogP contribution in [-0.2, 0) is 13.6 Å². The fourth-order valence-electron chi connectivity index (χ4n) is 6.77. The molecule has 3 N–H and O–H groups in total. The molecule has 2 aliphatic rings. The van der Waals surface area contributed by atoms with Crippen LogP contribution in [0.2, 0.25) is 0 Å². The molecule has 0 unspecified atom stereocenters. The van der Waals surface area contributed by atoms with E-state index < -0.39 is 11.7 Å². The van der Waals surface area contributed by atoms with Gasteiger partial charge in [0.1, 0.15) is 22.8 Å². The third-order valence-electron chi connectivity index (χ3n) is 9.15. The van der Waals surface area contributed by atoms with Crippen LogP contribution in [0.15, 0.2) is 66.9 Å². The van der Waals surface area contributed by atoms with Gasteiger partial charge in [0.25, 0.3) is 11.8 Å². The minimum absolute atomic E-state index is 0.00914. The summed E-state index contributed by atoms with van der Waals surface area (Å²) >= 11 is 0. The smallest absolute Gasteiger partial charge is 0.272 e. The number of nitrogens with one attached hydrogen (secondary N) is 3. The second kappa shape index (κ2) is 14.7. The van der Waals surface area contributed by atoms with Crippen LogP contribution < -0.4 is 20.7 Å². The summed E-state index contributed by atoms with van der Waals surface area (Å²) in [5, 5.41) is 13.9. The standard InChI is InChI=1S/C37H44FN7O3/c1-23-20-45(21-24(2)40-23)22-26-7-5-8-27(16-26)28-9-6-10-32(17-28)48-37-33(18-29(38)19-39-37)35(46)41-30-11-13-31(14-12-30)42-36(47)34-15-25(3)44(4)43-34/h5-10,15-19,23-24,30-31,40H,11-14,20-22H2,1-4H3,(H,41,46)(H,42,47)/t23-,24+,30-,31-. The van der Waals surface area contributed by atoms with Crippen molar-refractivity contribution in [2.45, 2.75) is 77.2 Å². The highest BCUT2D eigenvalue weighted by Gasteiger charge is 2.27. The topological polar surface area (TPSA) is 113 Å². The molecule has 2 fully saturated rings. The molecule has 2 aromatic heterocycles. The third kappa shape index (κ3) is 8.26. The van der Waals surface area contributed by atoms with Gasteiger partial charge in [-0.2, -0.15) is 5.10 Å². The monoisotopic (exact) mass is 653 g/mol. The SMILES string of the molecule is Cc1cc(C(=O)N[C@H]2CC[C@H](NC(=O)c3cc(F)cnc3Oc3cccc(-c4cccc(CN5C[C@@H](C)N[C@@H](C)C5)c4)c3)CC2)nn1C. The minimum atomic E-state index is -0.623. The number of rotatable bonds is 9. The maximum absolute atomic E-state index is 14.3. The van der Waals surface area contributed by atoms with Gasteiger partial charge in [0, 0.05) is 56.5 Å². The number of benzene rings is 2. The number of carbonyl (C=O) groups excluding carboxylic acids is 2. The highest BCUT2D eigenvalue weighted by atomic mass is 19.1. The Morgan fingerprint density at radius 3 is 2.23 bits per heavy atom. The minimum Gasteiger partial charge on any atom is -0.438 e. The van der Waals surface area contributed by atoms with E-state index >= 15 is 0 Å². The number of ether oxygens (including phenoxy) is 1. The Kier molecular flexibility index (Phi) is 10.2. The molecule has 4 aromatic rings. The van der Waals surface area contributed by atoms with Gasteiger partial charge in [-0.1, -0.05) is 30.3 Å². The quantitative estimate of drug-likeness (QED) is 0.223. The molecule has 1 saturated carbocycles. The van der Waals surface area contributed by atoms with Crippen molar-refractivity contribution in [1.82, 2.24) is 35.6 Å². The number of hydrogen-bond donors (Lipinski definition) is 3. The average molecular weight is 654 g/mol. The molecular weight excluding hydrogens is 609 g/mol. The van der Waals surface area contributed by atoms with Gasteiger partial charge in [-0.3, -0.25) is 19.2 Å². The van der Waals surface area contributed by atoms with Crippen LogP contribution in [0.5, 0.6) is 11.6 Å². The van der Waals surface area contributed by atoms with E-state index in [2.05, 4.69) is 69.0 Å². The van der Waals surface area contributed by atoms with Crippen LogP contribution in [0.25, 0.3) is 11.1 Å². The van der Waals surface area contributed by atoms with Crippen LogP contribution in [-0.4, -0.2) is 68.7 Å². The van der Waals surface area contributed by atoms with Gasteiger partial charge in [-0.05, 0) is 93.5 Å². The highest BCUT2D eigenvalue weighted by Crippen LogP contribution is 2.30. The maximum Gasteiger partial charge on any atom is 0.272 e. The predicted molar refractivity (Wildman–Crippen MR) is 182 cm³/mol. The lowest BCUT2D eigenvalue weighted by molar-refractivity contribution is 0.0887. The zero-order valence-electron chi connectivity index (χ0n) is 28.0. The molecule has 0 radical (unpaired) electrons. The largest absolute Gasteiger partial charge is 0.438 e. The van der Waals surface area contributed by atoms with Gasteiger partial charge in [-0.15, -0.1) is 0 Å². The molecule has 1 saturated heterocycles. The zero-order valence-corrected chi connectivity index (χ0v) is 28.0. The summed E-state index contributed by atoms with van der Waals surface area (Å²) in [6.07, 6.45) is 3.80. The molecule has 2 amide bonds. The molecule has 11 heteroatoms. The Morgan fingerprint density at radius 2 is 1.56 bits per heavy atom. The molecule has 3 heterocycles. The van der Waals surface area contributed by atoms with Gasteiger partial charge in [0.15, 0.2) is 0 Å². The van der Waals surface area contributed by atoms with Gasteiger partial charge in [-0.25, -0.2) is 9.37 Å². The average Bonchev–Trinajstić information content (AvgIpc) is 3.40. The van der Waals surface area contributed by atoms with E-state index in [1.165, 1.54) is 5.56 Å². The van der Waals surface area contributed by atoms with Crippen molar-refractivity contribution in [2.24, 2.45) is 7.05 Å². The highest BCUT2D eigenvalue weighted by molar-refractivity contribution is 5.96. The molecule has 0 spiro atoms. The number of piperazine rings is 1. The van der Waals surface area contributed by atoms with Crippen molar-refractivity contribution in [3.8, 4) is 22.8 Å². The Balaban J connectivity index is 1.08. The van der Waals surface area contributed by atoms with Crippen molar-refractivity contribution in [3.05, 3.63) is 95.2 Å². The molecule has 6 rings (SSSR count). The van der Waals surface area contributed by atoms with Crippen LogP contribution in [0.3, 0.4) is 0 Å². The summed E-state index contributed by atoms with van der Waals surface area (Å²) in [5.74, 6) is -0.741. The lowest BCUT2D eigenvalue weighted by Crippen LogP contribution is -2.53. The number of halogens is 1. The van der Waals surface area contributed by atoms with E-state index in [0.29, 0.717) is 49.2 Å². The number of aromatic nitrogens is 3. The number of pyridine rings is 1. The molecule has 48 heavy (non-hydrogen) atoms. The summed E-state index contributed by atoms with van der Waals surface area (Å²) in [6, 6.07) is 19.8. The van der Waals surface area contributed by atoms with E-state index in [0.717, 1.165) is 48.7 Å². The molecule has 252 valence electrons. The Morgan fingerprint density at radius 1 is 0.917 bits per heavy atom. The number of amides is 2. The summed E-state index contributed by atoms with van der Waals surface area (Å²) in [6.45, 7) is 9.22. The molecule has 2 aromatic carbocycles. The molecule has 1 aliphatic heterocycles. The fourth-order valence-corrected chi connectivity index (χ4v) is 6.77. The van der Waals surface area contributed by atoms with E-state index in [4.69, 9.17) is 4.74 Å². The third-order valence-corrected chi connectivity index (χ3v) is 9.15. The van der Waals surface area contributed by atoms with Crippen LogP contribution in [0, 0.1) is 12.7 Å². The molecule has 1 aliphatic carbocycles. The van der Waals surface area contributed by atoms with Crippen molar-refractivity contribution in [3.63, 3.8) is 0 Å². The van der Waals surface area contributed by atoms with Gasteiger partial charge in [0.2, 0.25) is 5.88 Å². The number of nitrogens with zero attached hydrogens (tertiary/aromatic N) is 4. The van der Waals surface area contributed by atoms with Gasteiger partial charge >= 0.3 is 0 Å². The Hall–Kier alpha value is -4.61. The second-order valence-corrected chi connectivity index (χ2v) is 13.3. The summed E-state index contributed by atoms with van der Waals surface area (Å²) < 4.78 is 22.1. The van der Waals surface area contributed by atoms with E-state index in [9.17, 15) is 14.0 Å². The molecular formula is C37H44FN7O3. The second-order valence-electron chi connectivity index (χ2n) is 13.3. The maximum atomic E-state index is 14.3. The number of hydrogen-bond acceptors (Lipinski definition) is 7. The summed E-state index contributed by atoms with van der Waals surface area (Å²) in [5.41, 5.74) is 4.59. The first kappa shape index (κ1) is 33.3. The summed E-state index contributed by atoms with van der Waals surface area (Å²) in [7, 11) is 1.80. The van der Waals surface area contributed by atoms with Gasteiger partial charge in [0.05, 0.1) is 6.20 Å². The first-order valence-corrected chi connectivity index (χ1v) is 16.7. The van der Waals surface area contributed by atoms with Gasteiger partial charge < -0.3 is 20.7 Å². The van der Waals surface area contributed by atoms with Crippen molar-refractivity contribution >= 4 is 11.8 Å². The molecule has 10 nitrogen and oxygen atoms in total. The number of carbonyl (C=O) groups is 2. The normalized spacial score (nSPS) is 21.4. The van der Waals surface area contributed by atoms with Crippen molar-refractivity contribution < 1.29 is 18.7 Å².